The maximum absolute atomic E-state index is 14.3. The van der Waals surface area contributed by atoms with E-state index in [0.29, 0.717) is 13.0 Å². The minimum Gasteiger partial charge on any atom is -0.481 e. The largest absolute Gasteiger partial charge is 0.481 e. The first-order valence-corrected chi connectivity index (χ1v) is 19.7. The molecular formula is C42H67N3O8. The Kier molecular flexibility index (Phi) is 16.7. The molecule has 1 aromatic rings. The molecule has 2 aliphatic rings. The van der Waals surface area contributed by atoms with Crippen molar-refractivity contribution < 1.29 is 38.6 Å². The van der Waals surface area contributed by atoms with Gasteiger partial charge in [0.25, 0.3) is 0 Å². The van der Waals surface area contributed by atoms with E-state index >= 15 is 0 Å². The number of likely N-dealkylation sites (tertiary alicyclic amines) is 2. The van der Waals surface area contributed by atoms with Crippen molar-refractivity contribution in [3.63, 3.8) is 0 Å². The molecule has 9 unspecified atom stereocenters. The smallest absolute Gasteiger partial charge is 0.307 e. The number of aliphatic carboxylic acids is 1. The molecular weight excluding hydrogens is 674 g/mol. The van der Waals surface area contributed by atoms with Crippen LogP contribution in [0.15, 0.2) is 30.3 Å². The van der Waals surface area contributed by atoms with Crippen LogP contribution in [0.1, 0.15) is 98.5 Å². The normalized spacial score (nSPS) is 23.2. The summed E-state index contributed by atoms with van der Waals surface area (Å²) in [4.78, 5) is 73.5. The van der Waals surface area contributed by atoms with Crippen LogP contribution in [-0.4, -0.2) is 120 Å². The van der Waals surface area contributed by atoms with Gasteiger partial charge in [-0.3, -0.25) is 28.9 Å². The number of carbonyl (C=O) groups excluding carboxylic acids is 4. The summed E-state index contributed by atoms with van der Waals surface area (Å²) in [6, 6.07) is 8.50. The second-order valence-electron chi connectivity index (χ2n) is 16.3. The number of carboxylic acid groups (broad SMARTS) is 1. The minimum atomic E-state index is -1.02. The molecule has 2 saturated heterocycles. The Balaban J connectivity index is 1.77. The number of nitrogens with zero attached hydrogens (tertiary/aromatic N) is 3. The zero-order chi connectivity index (χ0) is 39.6. The Morgan fingerprint density at radius 3 is 2.15 bits per heavy atom. The Morgan fingerprint density at radius 1 is 0.962 bits per heavy atom. The molecule has 2 aliphatic heterocycles. The van der Waals surface area contributed by atoms with Crippen LogP contribution in [0.25, 0.3) is 0 Å². The van der Waals surface area contributed by atoms with E-state index in [1.807, 2.05) is 58.2 Å². The molecule has 0 aliphatic carbocycles. The summed E-state index contributed by atoms with van der Waals surface area (Å²) < 4.78 is 12.0. The van der Waals surface area contributed by atoms with Gasteiger partial charge in [-0.15, -0.1) is 0 Å². The Morgan fingerprint density at radius 2 is 1.62 bits per heavy atom. The van der Waals surface area contributed by atoms with E-state index in [1.165, 1.54) is 7.11 Å². The van der Waals surface area contributed by atoms with Crippen molar-refractivity contribution in [2.45, 2.75) is 129 Å². The van der Waals surface area contributed by atoms with Gasteiger partial charge in [0.05, 0.1) is 42.2 Å². The van der Waals surface area contributed by atoms with E-state index in [1.54, 1.807) is 30.9 Å². The highest BCUT2D eigenvalue weighted by atomic mass is 16.5. The van der Waals surface area contributed by atoms with E-state index in [0.717, 1.165) is 37.8 Å². The number of Topliss-reactive ketones (excluding diaryl/α,β-unsaturated/α-hetero) is 2. The lowest BCUT2D eigenvalue weighted by Gasteiger charge is -2.41. The molecule has 11 heteroatoms. The summed E-state index contributed by atoms with van der Waals surface area (Å²) >= 11 is 0. The Hall–Kier alpha value is -3.15. The first kappa shape index (κ1) is 44.2. The van der Waals surface area contributed by atoms with Crippen molar-refractivity contribution >= 4 is 29.4 Å². The van der Waals surface area contributed by atoms with Crippen molar-refractivity contribution in [3.8, 4) is 0 Å². The number of methoxy groups -OCH3 is 2. The quantitative estimate of drug-likeness (QED) is 0.173. The Bertz CT molecular complexity index is 1390. The van der Waals surface area contributed by atoms with E-state index in [9.17, 15) is 29.1 Å². The minimum absolute atomic E-state index is 0.000468. The lowest BCUT2D eigenvalue weighted by molar-refractivity contribution is -0.149. The number of hydrogen-bond donors (Lipinski definition) is 1. The standard InChI is InChI=1S/C42H67N3O8/c1-11-28(4)38(44(8)40(49)32(27(2)3)25-36(47)42(6)20-16-21-43(42)7)35(52-9)26-37(48)45-22-15-19-33(45)39(53-10)29(5)34(46)24-31(41(50)51)23-30-17-13-12-14-18-30/h12-14,17-18,27-29,31-33,35,38-39H,11,15-16,19-26H2,1-10H3,(H,50,51). The fraction of sp³-hybridized carbons (Fsp3) is 0.738. The van der Waals surface area contributed by atoms with Crippen LogP contribution < -0.4 is 0 Å². The molecule has 11 nitrogen and oxygen atoms in total. The van der Waals surface area contributed by atoms with Gasteiger partial charge in [0.1, 0.15) is 5.78 Å². The van der Waals surface area contributed by atoms with Gasteiger partial charge in [0.2, 0.25) is 11.8 Å². The second-order valence-corrected chi connectivity index (χ2v) is 16.3. The van der Waals surface area contributed by atoms with Gasteiger partial charge in [-0.1, -0.05) is 71.4 Å². The summed E-state index contributed by atoms with van der Waals surface area (Å²) in [7, 11) is 6.85. The number of hydrogen-bond acceptors (Lipinski definition) is 8. The van der Waals surface area contributed by atoms with Gasteiger partial charge in [0.15, 0.2) is 5.78 Å². The third kappa shape index (κ3) is 10.8. The molecule has 0 spiro atoms. The molecule has 3 rings (SSSR count). The van der Waals surface area contributed by atoms with Gasteiger partial charge in [-0.2, -0.15) is 0 Å². The average molecular weight is 742 g/mol. The van der Waals surface area contributed by atoms with E-state index in [4.69, 9.17) is 9.47 Å². The predicted molar refractivity (Wildman–Crippen MR) is 205 cm³/mol. The fourth-order valence-electron chi connectivity index (χ4n) is 8.65. The van der Waals surface area contributed by atoms with Gasteiger partial charge in [-0.05, 0) is 70.0 Å². The summed E-state index contributed by atoms with van der Waals surface area (Å²) in [6.45, 7) is 13.2. The maximum Gasteiger partial charge on any atom is 0.307 e. The highest BCUT2D eigenvalue weighted by molar-refractivity contribution is 5.93. The lowest BCUT2D eigenvalue weighted by Crippen LogP contribution is -2.54. The number of carboxylic acids is 1. The summed E-state index contributed by atoms with van der Waals surface area (Å²) in [5, 5.41) is 9.94. The molecule has 0 bridgehead atoms. The number of ether oxygens (including phenoxy) is 2. The Labute approximate surface area is 318 Å². The topological polar surface area (TPSA) is 134 Å². The highest BCUT2D eigenvalue weighted by Crippen LogP contribution is 2.34. The van der Waals surface area contributed by atoms with E-state index in [2.05, 4.69) is 18.7 Å². The van der Waals surface area contributed by atoms with Crippen molar-refractivity contribution in [2.75, 3.05) is 41.4 Å². The molecule has 0 saturated carbocycles. The predicted octanol–water partition coefficient (Wildman–Crippen LogP) is 5.53. The third-order valence-electron chi connectivity index (χ3n) is 12.6. The molecule has 298 valence electrons. The molecule has 0 radical (unpaired) electrons. The SMILES string of the molecule is CCC(C)C(C(CC(=O)N1CCCC1C(OC)C(C)C(=O)CC(Cc1ccccc1)C(=O)O)OC)N(C)C(=O)C(CC(=O)C1(C)CCCN1C)C(C)C. The number of amides is 2. The van der Waals surface area contributed by atoms with Gasteiger partial charge < -0.3 is 24.4 Å². The fourth-order valence-corrected chi connectivity index (χ4v) is 8.65. The zero-order valence-electron chi connectivity index (χ0n) is 34.0. The van der Waals surface area contributed by atoms with Crippen LogP contribution in [-0.2, 0) is 39.9 Å². The van der Waals surface area contributed by atoms with Crippen LogP contribution in [0.4, 0.5) is 0 Å². The number of carbonyl (C=O) groups is 5. The lowest BCUT2D eigenvalue weighted by atomic mass is 9.81. The van der Waals surface area contributed by atoms with Gasteiger partial charge >= 0.3 is 5.97 Å². The second kappa shape index (κ2) is 20.0. The highest BCUT2D eigenvalue weighted by Gasteiger charge is 2.45. The zero-order valence-corrected chi connectivity index (χ0v) is 34.0. The molecule has 53 heavy (non-hydrogen) atoms. The molecule has 2 amide bonds. The first-order valence-electron chi connectivity index (χ1n) is 19.7. The molecule has 2 heterocycles. The number of rotatable bonds is 21. The summed E-state index contributed by atoms with van der Waals surface area (Å²) in [5.41, 5.74) is 0.282. The van der Waals surface area contributed by atoms with Crippen molar-refractivity contribution in [3.05, 3.63) is 35.9 Å². The van der Waals surface area contributed by atoms with Crippen LogP contribution in [0.5, 0.6) is 0 Å². The van der Waals surface area contributed by atoms with Crippen molar-refractivity contribution in [1.29, 1.82) is 0 Å². The van der Waals surface area contributed by atoms with E-state index in [-0.39, 0.29) is 66.9 Å². The molecule has 1 aromatic carbocycles. The van der Waals surface area contributed by atoms with Crippen LogP contribution in [0.3, 0.4) is 0 Å². The van der Waals surface area contributed by atoms with Crippen LogP contribution in [0.2, 0.25) is 0 Å². The average Bonchev–Trinajstić information content (AvgIpc) is 3.76. The maximum atomic E-state index is 14.3. The molecule has 0 aromatic heterocycles. The van der Waals surface area contributed by atoms with Gasteiger partial charge in [-0.25, -0.2) is 0 Å². The summed E-state index contributed by atoms with van der Waals surface area (Å²) in [6.07, 6.45) is 2.98. The number of ketones is 2. The third-order valence-corrected chi connectivity index (χ3v) is 12.6. The monoisotopic (exact) mass is 741 g/mol. The van der Waals surface area contributed by atoms with Crippen LogP contribution in [0, 0.1) is 29.6 Å². The van der Waals surface area contributed by atoms with Crippen molar-refractivity contribution in [1.82, 2.24) is 14.7 Å². The number of benzene rings is 1. The molecule has 1 N–H and O–H groups in total. The molecule has 9 atom stereocenters. The first-order chi connectivity index (χ1) is 25.0. The van der Waals surface area contributed by atoms with Gasteiger partial charge in [0, 0.05) is 52.5 Å². The number of likely N-dealkylation sites (N-methyl/N-ethyl adjacent to an activating group) is 2. The van der Waals surface area contributed by atoms with E-state index < -0.39 is 47.5 Å². The van der Waals surface area contributed by atoms with Crippen LogP contribution >= 0.6 is 0 Å². The summed E-state index contributed by atoms with van der Waals surface area (Å²) in [5.74, 6) is -3.46. The molecule has 2 fully saturated rings. The van der Waals surface area contributed by atoms with Crippen molar-refractivity contribution in [2.24, 2.45) is 29.6 Å².